The average molecular weight is 234 g/mol. The Hall–Kier alpha value is -0.240. The first-order valence-electron chi connectivity index (χ1n) is 5.63. The summed E-state index contributed by atoms with van der Waals surface area (Å²) >= 11 is 0. The van der Waals surface area contributed by atoms with Crippen LogP contribution in [-0.4, -0.2) is 56.0 Å². The molecular weight excluding hydrogens is 212 g/mol. The van der Waals surface area contributed by atoms with Crippen LogP contribution in [0.15, 0.2) is 0 Å². The van der Waals surface area contributed by atoms with Gasteiger partial charge in [0.1, 0.15) is 0 Å². The van der Waals surface area contributed by atoms with Crippen LogP contribution in [0.1, 0.15) is 13.3 Å². The van der Waals surface area contributed by atoms with Crippen molar-refractivity contribution in [3.05, 3.63) is 0 Å². The fourth-order valence-electron chi connectivity index (χ4n) is 1.56. The minimum atomic E-state index is -0.511. The summed E-state index contributed by atoms with van der Waals surface area (Å²) in [4.78, 5) is 0. The van der Waals surface area contributed by atoms with E-state index in [1.165, 1.54) is 0 Å². The highest BCUT2D eigenvalue weighted by Gasteiger charge is 2.33. The molecule has 1 rings (SSSR count). The average Bonchev–Trinajstić information content (AvgIpc) is 2.25. The molecule has 0 aromatic carbocycles. The Morgan fingerprint density at radius 3 is 2.81 bits per heavy atom. The van der Waals surface area contributed by atoms with Crippen LogP contribution in [0, 0.1) is 0 Å². The largest absolute Gasteiger partial charge is 0.390 e. The van der Waals surface area contributed by atoms with E-state index in [1.54, 1.807) is 6.92 Å². The normalized spacial score (nSPS) is 35.2. The second kappa shape index (κ2) is 7.16. The predicted octanol–water partition coefficient (Wildman–Crippen LogP) is -1.20. The van der Waals surface area contributed by atoms with E-state index < -0.39 is 12.4 Å². The van der Waals surface area contributed by atoms with Crippen LogP contribution in [0.4, 0.5) is 0 Å². The van der Waals surface area contributed by atoms with Crippen LogP contribution < -0.4 is 11.5 Å². The van der Waals surface area contributed by atoms with Gasteiger partial charge in [0.25, 0.3) is 0 Å². The predicted molar refractivity (Wildman–Crippen MR) is 58.8 cm³/mol. The lowest BCUT2D eigenvalue weighted by Gasteiger charge is -2.36. The Morgan fingerprint density at radius 1 is 1.38 bits per heavy atom. The van der Waals surface area contributed by atoms with E-state index in [0.29, 0.717) is 32.8 Å². The van der Waals surface area contributed by atoms with E-state index in [4.69, 9.17) is 25.7 Å². The molecule has 0 saturated carbocycles. The molecule has 0 bridgehead atoms. The van der Waals surface area contributed by atoms with E-state index in [9.17, 15) is 5.11 Å². The van der Waals surface area contributed by atoms with Crippen LogP contribution in [-0.2, 0) is 14.2 Å². The fourth-order valence-corrected chi connectivity index (χ4v) is 1.56. The lowest BCUT2D eigenvalue weighted by molar-refractivity contribution is -0.228. The maximum atomic E-state index is 9.51. The van der Waals surface area contributed by atoms with Crippen molar-refractivity contribution in [1.82, 2.24) is 0 Å². The summed E-state index contributed by atoms with van der Waals surface area (Å²) in [5, 5.41) is 9.51. The van der Waals surface area contributed by atoms with Crippen molar-refractivity contribution in [2.24, 2.45) is 11.5 Å². The second-order valence-electron chi connectivity index (χ2n) is 3.95. The number of aliphatic hydroxyl groups is 1. The van der Waals surface area contributed by atoms with Crippen molar-refractivity contribution in [2.45, 2.75) is 37.9 Å². The number of hydrogen-bond acceptors (Lipinski definition) is 6. The van der Waals surface area contributed by atoms with Gasteiger partial charge in [-0.25, -0.2) is 0 Å². The molecule has 1 fully saturated rings. The summed E-state index contributed by atoms with van der Waals surface area (Å²) in [5.41, 5.74) is 11.1. The smallest absolute Gasteiger partial charge is 0.173 e. The van der Waals surface area contributed by atoms with Gasteiger partial charge in [-0.05, 0) is 13.3 Å². The molecule has 6 nitrogen and oxygen atoms in total. The van der Waals surface area contributed by atoms with Gasteiger partial charge >= 0.3 is 0 Å². The monoisotopic (exact) mass is 234 g/mol. The van der Waals surface area contributed by atoms with E-state index in [2.05, 4.69) is 0 Å². The van der Waals surface area contributed by atoms with E-state index in [-0.39, 0.29) is 12.1 Å². The van der Waals surface area contributed by atoms with Crippen LogP contribution in [0.3, 0.4) is 0 Å². The molecule has 1 aliphatic rings. The van der Waals surface area contributed by atoms with Crippen LogP contribution >= 0.6 is 0 Å². The molecule has 0 spiro atoms. The molecule has 1 saturated heterocycles. The molecule has 0 amide bonds. The Labute approximate surface area is 95.8 Å². The zero-order chi connectivity index (χ0) is 12.0. The Balaban J connectivity index is 2.16. The molecule has 0 aliphatic carbocycles. The summed E-state index contributed by atoms with van der Waals surface area (Å²) in [5.74, 6) is 0. The summed E-state index contributed by atoms with van der Waals surface area (Å²) in [7, 11) is 0. The minimum absolute atomic E-state index is 0.241. The maximum Gasteiger partial charge on any atom is 0.173 e. The summed E-state index contributed by atoms with van der Waals surface area (Å²) < 4.78 is 16.0. The van der Waals surface area contributed by atoms with E-state index in [0.717, 1.165) is 0 Å². The van der Waals surface area contributed by atoms with Crippen LogP contribution in [0.25, 0.3) is 0 Å². The van der Waals surface area contributed by atoms with Crippen molar-refractivity contribution in [3.8, 4) is 0 Å². The highest BCUT2D eigenvalue weighted by molar-refractivity contribution is 4.81. The maximum absolute atomic E-state index is 9.51. The molecule has 0 radical (unpaired) electrons. The topological polar surface area (TPSA) is 100.0 Å². The SMILES string of the molecule is CC1O[C@H](OCCOCCN)C(N)C[C@@H]1O. The first-order valence-corrected chi connectivity index (χ1v) is 5.63. The Morgan fingerprint density at radius 2 is 2.12 bits per heavy atom. The van der Waals surface area contributed by atoms with Gasteiger partial charge in [-0.2, -0.15) is 0 Å². The van der Waals surface area contributed by atoms with Crippen LogP contribution in [0.5, 0.6) is 0 Å². The van der Waals surface area contributed by atoms with Crippen molar-refractivity contribution in [2.75, 3.05) is 26.4 Å². The van der Waals surface area contributed by atoms with Gasteiger partial charge in [-0.1, -0.05) is 0 Å². The highest BCUT2D eigenvalue weighted by Crippen LogP contribution is 2.19. The van der Waals surface area contributed by atoms with Gasteiger partial charge in [0.2, 0.25) is 0 Å². The van der Waals surface area contributed by atoms with Gasteiger partial charge in [0.05, 0.1) is 38.1 Å². The van der Waals surface area contributed by atoms with Gasteiger partial charge in [-0.3, -0.25) is 0 Å². The minimum Gasteiger partial charge on any atom is -0.390 e. The number of rotatable bonds is 6. The third-order valence-corrected chi connectivity index (χ3v) is 2.53. The molecular formula is C10H22N2O4. The lowest BCUT2D eigenvalue weighted by atomic mass is 10.0. The third kappa shape index (κ3) is 4.32. The summed E-state index contributed by atoms with van der Waals surface area (Å²) in [6, 6.07) is -0.291. The van der Waals surface area contributed by atoms with Gasteiger partial charge in [0, 0.05) is 6.54 Å². The highest BCUT2D eigenvalue weighted by atomic mass is 16.7. The van der Waals surface area contributed by atoms with E-state index in [1.807, 2.05) is 0 Å². The number of aliphatic hydroxyl groups excluding tert-OH is 1. The quantitative estimate of drug-likeness (QED) is 0.499. The first-order chi connectivity index (χ1) is 7.65. The van der Waals surface area contributed by atoms with Gasteiger partial charge in [-0.15, -0.1) is 0 Å². The molecule has 96 valence electrons. The fraction of sp³-hybridized carbons (Fsp3) is 1.00. The summed E-state index contributed by atoms with van der Waals surface area (Å²) in [6.45, 7) is 3.72. The van der Waals surface area contributed by atoms with Crippen molar-refractivity contribution in [1.29, 1.82) is 0 Å². The molecule has 5 N–H and O–H groups in total. The molecule has 1 aliphatic heterocycles. The summed E-state index contributed by atoms with van der Waals surface area (Å²) in [6.07, 6.45) is -0.715. The number of nitrogens with two attached hydrogens (primary N) is 2. The van der Waals surface area contributed by atoms with Gasteiger partial charge in [0.15, 0.2) is 6.29 Å². The zero-order valence-electron chi connectivity index (χ0n) is 9.67. The lowest BCUT2D eigenvalue weighted by Crippen LogP contribution is -2.51. The molecule has 0 aromatic rings. The number of ether oxygens (including phenoxy) is 3. The molecule has 2 unspecified atom stereocenters. The zero-order valence-corrected chi connectivity index (χ0v) is 9.67. The van der Waals surface area contributed by atoms with Crippen molar-refractivity contribution >= 4 is 0 Å². The molecule has 0 aromatic heterocycles. The molecule has 4 atom stereocenters. The van der Waals surface area contributed by atoms with Crippen LogP contribution in [0.2, 0.25) is 0 Å². The molecule has 6 heteroatoms. The molecule has 1 heterocycles. The Bertz CT molecular complexity index is 194. The van der Waals surface area contributed by atoms with Crippen molar-refractivity contribution < 1.29 is 19.3 Å². The van der Waals surface area contributed by atoms with Crippen molar-refractivity contribution in [3.63, 3.8) is 0 Å². The molecule has 16 heavy (non-hydrogen) atoms. The number of hydrogen-bond donors (Lipinski definition) is 3. The van der Waals surface area contributed by atoms with E-state index >= 15 is 0 Å². The van der Waals surface area contributed by atoms with Gasteiger partial charge < -0.3 is 30.8 Å². The second-order valence-corrected chi connectivity index (χ2v) is 3.95. The first kappa shape index (κ1) is 13.8. The Kier molecular flexibility index (Phi) is 6.18. The third-order valence-electron chi connectivity index (χ3n) is 2.53. The standard InChI is InChI=1S/C10H22N2O4/c1-7-9(13)6-8(12)10(16-7)15-5-4-14-3-2-11/h7-10,13H,2-6,11-12H2,1H3/t7?,8?,9-,10-/m0/s1.